The van der Waals surface area contributed by atoms with Crippen molar-refractivity contribution in [2.24, 2.45) is 0 Å². The molecule has 166 valence electrons. The molecule has 2 aliphatic heterocycles. The molecular weight excluding hydrogens is 392 g/mol. The normalized spacial score (nSPS) is 17.5. The van der Waals surface area contributed by atoms with Gasteiger partial charge >= 0.3 is 6.09 Å². The van der Waals surface area contributed by atoms with Crippen LogP contribution in [-0.2, 0) is 17.8 Å². The van der Waals surface area contributed by atoms with Crippen molar-refractivity contribution in [2.45, 2.75) is 39.5 Å². The van der Waals surface area contributed by atoms with Crippen LogP contribution in [0.4, 0.5) is 10.6 Å². The maximum atomic E-state index is 12.5. The first-order valence-corrected chi connectivity index (χ1v) is 11.0. The Morgan fingerprint density at radius 2 is 1.77 bits per heavy atom. The van der Waals surface area contributed by atoms with Gasteiger partial charge in [-0.1, -0.05) is 30.3 Å². The van der Waals surface area contributed by atoms with E-state index in [-0.39, 0.29) is 6.09 Å². The highest BCUT2D eigenvalue weighted by atomic mass is 16.6. The summed E-state index contributed by atoms with van der Waals surface area (Å²) in [6.07, 6.45) is -0.317. The van der Waals surface area contributed by atoms with E-state index in [2.05, 4.69) is 40.1 Å². The highest BCUT2D eigenvalue weighted by molar-refractivity contribution is 5.68. The number of anilines is 1. The van der Waals surface area contributed by atoms with E-state index in [0.717, 1.165) is 44.1 Å². The minimum absolute atomic E-state index is 0.317. The molecule has 2 aromatic rings. The van der Waals surface area contributed by atoms with Crippen molar-refractivity contribution in [3.05, 3.63) is 53.6 Å². The maximum absolute atomic E-state index is 12.5. The number of benzene rings is 1. The molecular formula is C24H32N4O3. The number of amides is 1. The summed E-state index contributed by atoms with van der Waals surface area (Å²) in [4.78, 5) is 23.7. The highest BCUT2D eigenvalue weighted by Gasteiger charge is 2.26. The lowest BCUT2D eigenvalue weighted by Crippen LogP contribution is -2.46. The van der Waals surface area contributed by atoms with Gasteiger partial charge < -0.3 is 19.3 Å². The number of hydrogen-bond acceptors (Lipinski definition) is 6. The zero-order valence-corrected chi connectivity index (χ0v) is 18.7. The van der Waals surface area contributed by atoms with Crippen LogP contribution in [0.15, 0.2) is 42.5 Å². The van der Waals surface area contributed by atoms with E-state index in [1.54, 1.807) is 4.90 Å². The molecule has 3 heterocycles. The smallest absolute Gasteiger partial charge is 0.410 e. The quantitative estimate of drug-likeness (QED) is 0.751. The zero-order valence-electron chi connectivity index (χ0n) is 18.7. The van der Waals surface area contributed by atoms with Gasteiger partial charge in [0, 0.05) is 38.3 Å². The average molecular weight is 425 g/mol. The number of piperazine rings is 1. The second-order valence-electron chi connectivity index (χ2n) is 9.13. The zero-order chi connectivity index (χ0) is 21.8. The number of pyridine rings is 1. The summed E-state index contributed by atoms with van der Waals surface area (Å²) in [5.74, 6) is 1.55. The minimum Gasteiger partial charge on any atom is -0.475 e. The van der Waals surface area contributed by atoms with Gasteiger partial charge in [0.2, 0.25) is 5.88 Å². The second-order valence-corrected chi connectivity index (χ2v) is 9.13. The molecule has 31 heavy (non-hydrogen) atoms. The maximum Gasteiger partial charge on any atom is 0.410 e. The number of carbonyl (C=O) groups is 1. The first kappa shape index (κ1) is 21.4. The number of hydrogen-bond donors (Lipinski definition) is 0. The molecule has 1 aromatic carbocycles. The number of fused-ring (bicyclic) bond motifs is 1. The lowest BCUT2D eigenvalue weighted by Gasteiger charge is -2.35. The van der Waals surface area contributed by atoms with Gasteiger partial charge in [-0.25, -0.2) is 4.79 Å². The fourth-order valence-electron chi connectivity index (χ4n) is 3.88. The van der Waals surface area contributed by atoms with Crippen LogP contribution in [0, 0.1) is 0 Å². The van der Waals surface area contributed by atoms with Crippen LogP contribution in [0.2, 0.25) is 0 Å². The van der Waals surface area contributed by atoms with Crippen LogP contribution in [0.3, 0.4) is 0 Å². The Labute approximate surface area is 184 Å². The summed E-state index contributed by atoms with van der Waals surface area (Å²) < 4.78 is 11.4. The fourth-order valence-corrected chi connectivity index (χ4v) is 3.88. The third-order valence-electron chi connectivity index (χ3n) is 5.48. The lowest BCUT2D eigenvalue weighted by atomic mass is 10.2. The average Bonchev–Trinajstić information content (AvgIpc) is 2.96. The number of nitrogens with zero attached hydrogens (tertiary/aromatic N) is 4. The highest BCUT2D eigenvalue weighted by Crippen LogP contribution is 2.26. The van der Waals surface area contributed by atoms with E-state index in [9.17, 15) is 4.79 Å². The van der Waals surface area contributed by atoms with Crippen LogP contribution >= 0.6 is 0 Å². The molecule has 1 fully saturated rings. The Kier molecular flexibility index (Phi) is 6.32. The summed E-state index contributed by atoms with van der Waals surface area (Å²) in [5.41, 5.74) is 1.74. The van der Waals surface area contributed by atoms with E-state index < -0.39 is 5.60 Å². The molecule has 0 radical (unpaired) electrons. The van der Waals surface area contributed by atoms with Crippen molar-refractivity contribution in [1.82, 2.24) is 14.8 Å². The van der Waals surface area contributed by atoms with Crippen molar-refractivity contribution < 1.29 is 14.3 Å². The molecule has 0 saturated carbocycles. The number of aromatic nitrogens is 1. The summed E-state index contributed by atoms with van der Waals surface area (Å²) >= 11 is 0. The van der Waals surface area contributed by atoms with Crippen molar-refractivity contribution in [2.75, 3.05) is 44.2 Å². The largest absolute Gasteiger partial charge is 0.475 e. The Balaban J connectivity index is 1.37. The second kappa shape index (κ2) is 9.14. The van der Waals surface area contributed by atoms with Crippen molar-refractivity contribution in [3.63, 3.8) is 0 Å². The van der Waals surface area contributed by atoms with Gasteiger partial charge in [-0.05, 0) is 38.5 Å². The Bertz CT molecular complexity index is 889. The van der Waals surface area contributed by atoms with Gasteiger partial charge in [0.25, 0.3) is 0 Å². The molecule has 2 aliphatic rings. The SMILES string of the molecule is CC(C)(C)OC(=O)N1CCOc2nc(N3CCN(Cc4ccccc4)CC3)ccc2C1. The summed E-state index contributed by atoms with van der Waals surface area (Å²) in [7, 11) is 0. The van der Waals surface area contributed by atoms with E-state index >= 15 is 0 Å². The van der Waals surface area contributed by atoms with Crippen molar-refractivity contribution >= 4 is 11.9 Å². The molecule has 7 heteroatoms. The third kappa shape index (κ3) is 5.67. The summed E-state index contributed by atoms with van der Waals surface area (Å²) in [6.45, 7) is 11.8. The molecule has 0 bridgehead atoms. The number of carbonyl (C=O) groups excluding carboxylic acids is 1. The first-order chi connectivity index (χ1) is 14.9. The van der Waals surface area contributed by atoms with Gasteiger partial charge in [-0.2, -0.15) is 4.98 Å². The predicted octanol–water partition coefficient (Wildman–Crippen LogP) is 3.53. The monoisotopic (exact) mass is 424 g/mol. The summed E-state index contributed by atoms with van der Waals surface area (Å²) in [5, 5.41) is 0. The summed E-state index contributed by atoms with van der Waals surface area (Å²) in [6, 6.07) is 14.7. The third-order valence-corrected chi connectivity index (χ3v) is 5.48. The Morgan fingerprint density at radius 3 is 2.48 bits per heavy atom. The van der Waals surface area contributed by atoms with E-state index in [1.807, 2.05) is 32.9 Å². The molecule has 0 unspecified atom stereocenters. The number of ether oxygens (including phenoxy) is 2. The molecule has 0 atom stereocenters. The minimum atomic E-state index is -0.516. The molecule has 0 aliphatic carbocycles. The van der Waals surface area contributed by atoms with E-state index in [1.165, 1.54) is 5.56 Å². The van der Waals surface area contributed by atoms with Crippen LogP contribution in [0.5, 0.6) is 5.88 Å². The molecule has 7 nitrogen and oxygen atoms in total. The Hall–Kier alpha value is -2.80. The molecule has 1 saturated heterocycles. The topological polar surface area (TPSA) is 58.1 Å². The van der Waals surface area contributed by atoms with Gasteiger partial charge in [-0.3, -0.25) is 4.90 Å². The van der Waals surface area contributed by atoms with Crippen molar-refractivity contribution in [1.29, 1.82) is 0 Å². The molecule has 1 amide bonds. The predicted molar refractivity (Wildman–Crippen MR) is 120 cm³/mol. The molecule has 4 rings (SSSR count). The standard InChI is InChI=1S/C24H32N4O3/c1-24(2,3)31-23(29)28-15-16-30-22-20(18-28)9-10-21(25-22)27-13-11-26(12-14-27)17-19-7-5-4-6-8-19/h4-10H,11-18H2,1-3H3. The first-order valence-electron chi connectivity index (χ1n) is 11.0. The number of rotatable bonds is 3. The molecule has 0 N–H and O–H groups in total. The van der Waals surface area contributed by atoms with Crippen LogP contribution in [0.25, 0.3) is 0 Å². The van der Waals surface area contributed by atoms with E-state index in [0.29, 0.717) is 25.6 Å². The van der Waals surface area contributed by atoms with Gasteiger partial charge in [-0.15, -0.1) is 0 Å². The van der Waals surface area contributed by atoms with Crippen LogP contribution in [0.1, 0.15) is 31.9 Å². The molecule has 1 aromatic heterocycles. The molecule has 0 spiro atoms. The van der Waals surface area contributed by atoms with Gasteiger partial charge in [0.15, 0.2) is 0 Å². The Morgan fingerprint density at radius 1 is 1.03 bits per heavy atom. The van der Waals surface area contributed by atoms with Crippen LogP contribution < -0.4 is 9.64 Å². The lowest BCUT2D eigenvalue weighted by molar-refractivity contribution is 0.0225. The van der Waals surface area contributed by atoms with Crippen LogP contribution in [-0.4, -0.2) is 65.8 Å². The van der Waals surface area contributed by atoms with Gasteiger partial charge in [0.05, 0.1) is 13.1 Å². The fraction of sp³-hybridized carbons (Fsp3) is 0.500. The van der Waals surface area contributed by atoms with Gasteiger partial charge in [0.1, 0.15) is 18.0 Å². The van der Waals surface area contributed by atoms with E-state index in [4.69, 9.17) is 14.5 Å². The van der Waals surface area contributed by atoms with Crippen molar-refractivity contribution in [3.8, 4) is 5.88 Å².